The molecule has 1 N–H and O–H groups in total. The Morgan fingerprint density at radius 1 is 1.06 bits per heavy atom. The Balaban J connectivity index is 1.67. The highest BCUT2D eigenvalue weighted by Gasteiger charge is 2.26. The monoisotopic (exact) mass is 415 g/mol. The molecule has 1 aliphatic carbocycles. The van der Waals surface area contributed by atoms with Crippen LogP contribution in [-0.2, 0) is 6.42 Å². The second-order valence-electron chi connectivity index (χ2n) is 8.24. The summed E-state index contributed by atoms with van der Waals surface area (Å²) in [5.41, 5.74) is 2.71. The second kappa shape index (κ2) is 8.12. The molecule has 158 valence electrons. The van der Waals surface area contributed by atoms with Gasteiger partial charge in [-0.15, -0.1) is 0 Å². The Morgan fingerprint density at radius 3 is 2.61 bits per heavy atom. The molecule has 1 fully saturated rings. The predicted molar refractivity (Wildman–Crippen MR) is 121 cm³/mol. The first-order valence-corrected chi connectivity index (χ1v) is 10.7. The quantitative estimate of drug-likeness (QED) is 0.510. The van der Waals surface area contributed by atoms with E-state index in [9.17, 15) is 9.90 Å². The van der Waals surface area contributed by atoms with E-state index in [1.807, 2.05) is 36.4 Å². The molecule has 0 bridgehead atoms. The fraction of sp³-hybridized carbons (Fsp3) is 0.320. The van der Waals surface area contributed by atoms with Gasteiger partial charge in [0.05, 0.1) is 36.5 Å². The summed E-state index contributed by atoms with van der Waals surface area (Å²) in [5.74, 6) is 0.574. The van der Waals surface area contributed by atoms with Crippen LogP contribution in [0.3, 0.4) is 0 Å². The molecule has 5 rings (SSSR count). The molecule has 0 amide bonds. The highest BCUT2D eigenvalue weighted by atomic mass is 16.5. The maximum absolute atomic E-state index is 13.5. The van der Waals surface area contributed by atoms with Gasteiger partial charge in [0.25, 0.3) is 5.56 Å². The van der Waals surface area contributed by atoms with Crippen molar-refractivity contribution in [2.45, 2.75) is 44.2 Å². The van der Waals surface area contributed by atoms with Crippen LogP contribution in [0.15, 0.2) is 59.8 Å². The fourth-order valence-electron chi connectivity index (χ4n) is 4.70. The molecule has 0 saturated heterocycles. The summed E-state index contributed by atoms with van der Waals surface area (Å²) in [5, 5.41) is 13.1. The number of hydrogen-bond acceptors (Lipinski definition) is 5. The van der Waals surface area contributed by atoms with Crippen molar-refractivity contribution in [1.29, 1.82) is 0 Å². The Labute approximate surface area is 180 Å². The van der Waals surface area contributed by atoms with Gasteiger partial charge in [0.15, 0.2) is 0 Å². The zero-order valence-corrected chi connectivity index (χ0v) is 17.5. The van der Waals surface area contributed by atoms with Gasteiger partial charge in [-0.1, -0.05) is 43.2 Å². The van der Waals surface area contributed by atoms with E-state index in [1.54, 1.807) is 24.2 Å². The van der Waals surface area contributed by atoms with Crippen molar-refractivity contribution in [3.8, 4) is 5.88 Å². The first kappa shape index (κ1) is 19.7. The molecule has 0 radical (unpaired) electrons. The van der Waals surface area contributed by atoms with Gasteiger partial charge in [-0.05, 0) is 41.8 Å². The molecule has 2 unspecified atom stereocenters. The molecule has 2 atom stereocenters. The summed E-state index contributed by atoms with van der Waals surface area (Å²) in [6.45, 7) is 0. The maximum atomic E-state index is 13.5. The number of nitrogens with zero attached hydrogens (tertiary/aromatic N) is 3. The number of hydrogen-bond donors (Lipinski definition) is 1. The molecular formula is C25H25N3O3. The van der Waals surface area contributed by atoms with Crippen molar-refractivity contribution in [2.24, 2.45) is 0 Å². The minimum Gasteiger partial charge on any atom is -0.481 e. The Kier molecular flexibility index (Phi) is 5.16. The van der Waals surface area contributed by atoms with Gasteiger partial charge in [0, 0.05) is 17.6 Å². The van der Waals surface area contributed by atoms with Crippen molar-refractivity contribution >= 4 is 21.7 Å². The molecular weight excluding hydrogens is 390 g/mol. The average molecular weight is 415 g/mol. The van der Waals surface area contributed by atoms with Crippen molar-refractivity contribution in [2.75, 3.05) is 7.11 Å². The highest BCUT2D eigenvalue weighted by Crippen LogP contribution is 2.30. The Hall–Kier alpha value is -3.25. The van der Waals surface area contributed by atoms with Gasteiger partial charge in [-0.2, -0.15) is 0 Å². The number of methoxy groups -OCH3 is 1. The van der Waals surface area contributed by atoms with E-state index in [0.29, 0.717) is 23.2 Å². The van der Waals surface area contributed by atoms with E-state index in [1.165, 1.54) is 0 Å². The smallest absolute Gasteiger partial charge is 0.261 e. The largest absolute Gasteiger partial charge is 0.481 e. The van der Waals surface area contributed by atoms with Crippen molar-refractivity contribution in [3.05, 3.63) is 76.5 Å². The van der Waals surface area contributed by atoms with Crippen LogP contribution in [0, 0.1) is 0 Å². The van der Waals surface area contributed by atoms with Crippen LogP contribution < -0.4 is 10.3 Å². The first-order chi connectivity index (χ1) is 15.2. The number of aliphatic hydroxyl groups is 1. The van der Waals surface area contributed by atoms with Gasteiger partial charge in [-0.25, -0.2) is 9.97 Å². The second-order valence-corrected chi connectivity index (χ2v) is 8.24. The van der Waals surface area contributed by atoms with Crippen LogP contribution in [0.1, 0.15) is 42.9 Å². The zero-order chi connectivity index (χ0) is 21.4. The van der Waals surface area contributed by atoms with Crippen LogP contribution in [0.2, 0.25) is 0 Å². The zero-order valence-electron chi connectivity index (χ0n) is 17.5. The molecule has 2 aromatic heterocycles. The van der Waals surface area contributed by atoms with Crippen LogP contribution in [-0.4, -0.2) is 32.9 Å². The molecule has 2 heterocycles. The summed E-state index contributed by atoms with van der Waals surface area (Å²) >= 11 is 0. The number of aliphatic hydroxyl groups excluding tert-OH is 1. The van der Waals surface area contributed by atoms with Crippen LogP contribution in [0.25, 0.3) is 21.7 Å². The van der Waals surface area contributed by atoms with E-state index < -0.39 is 6.10 Å². The minimum atomic E-state index is -0.504. The van der Waals surface area contributed by atoms with Gasteiger partial charge >= 0.3 is 0 Å². The average Bonchev–Trinajstić information content (AvgIpc) is 2.81. The molecule has 0 spiro atoms. The summed E-state index contributed by atoms with van der Waals surface area (Å²) in [6, 6.07) is 13.6. The van der Waals surface area contributed by atoms with E-state index in [0.717, 1.165) is 47.6 Å². The number of fused-ring (bicyclic) bond motifs is 3. The molecule has 4 aromatic rings. The van der Waals surface area contributed by atoms with Crippen molar-refractivity contribution in [1.82, 2.24) is 14.5 Å². The van der Waals surface area contributed by atoms with Crippen molar-refractivity contribution in [3.63, 3.8) is 0 Å². The van der Waals surface area contributed by atoms with E-state index in [-0.39, 0.29) is 11.6 Å². The predicted octanol–water partition coefficient (Wildman–Crippen LogP) is 4.02. The van der Waals surface area contributed by atoms with Crippen LogP contribution in [0.4, 0.5) is 0 Å². The lowest BCUT2D eigenvalue weighted by atomic mass is 9.92. The molecule has 0 aliphatic heterocycles. The van der Waals surface area contributed by atoms with Gasteiger partial charge in [-0.3, -0.25) is 9.36 Å². The third-order valence-electron chi connectivity index (χ3n) is 6.33. The SMILES string of the molecule is COc1ccc(Cc2cc3c(=O)n(C4CCCCC4O)cnc3c3ccccc23)cn1. The molecule has 2 aromatic carbocycles. The summed E-state index contributed by atoms with van der Waals surface area (Å²) in [7, 11) is 1.60. The summed E-state index contributed by atoms with van der Waals surface area (Å²) in [4.78, 5) is 22.5. The molecule has 6 nitrogen and oxygen atoms in total. The lowest BCUT2D eigenvalue weighted by Crippen LogP contribution is -2.34. The Bertz CT molecular complexity index is 1300. The van der Waals surface area contributed by atoms with E-state index >= 15 is 0 Å². The van der Waals surface area contributed by atoms with Gasteiger partial charge in [0.1, 0.15) is 0 Å². The number of aromatic nitrogens is 3. The van der Waals surface area contributed by atoms with Gasteiger partial charge < -0.3 is 9.84 Å². The van der Waals surface area contributed by atoms with E-state index in [4.69, 9.17) is 4.74 Å². The third kappa shape index (κ3) is 3.57. The highest BCUT2D eigenvalue weighted by molar-refractivity contribution is 6.06. The normalized spacial score (nSPS) is 19.0. The lowest BCUT2D eigenvalue weighted by molar-refractivity contribution is 0.0735. The number of pyridine rings is 1. The topological polar surface area (TPSA) is 77.2 Å². The van der Waals surface area contributed by atoms with Crippen LogP contribution >= 0.6 is 0 Å². The number of rotatable bonds is 4. The molecule has 1 saturated carbocycles. The Morgan fingerprint density at radius 2 is 1.87 bits per heavy atom. The number of benzene rings is 2. The molecule has 31 heavy (non-hydrogen) atoms. The summed E-state index contributed by atoms with van der Waals surface area (Å²) in [6.07, 6.45) is 7.09. The van der Waals surface area contributed by atoms with Crippen LogP contribution in [0.5, 0.6) is 5.88 Å². The fourth-order valence-corrected chi connectivity index (χ4v) is 4.70. The third-order valence-corrected chi connectivity index (χ3v) is 6.33. The first-order valence-electron chi connectivity index (χ1n) is 10.7. The standard InChI is InChI=1S/C25H25N3O3/c1-31-23-11-10-16(14-26-23)12-17-13-20-24(19-7-3-2-6-18(17)19)27-15-28(25(20)30)21-8-4-5-9-22(21)29/h2-3,6-7,10-11,13-15,21-22,29H,4-5,8-9,12H2,1H3. The minimum absolute atomic E-state index is 0.0872. The summed E-state index contributed by atoms with van der Waals surface area (Å²) < 4.78 is 6.80. The number of ether oxygens (including phenoxy) is 1. The van der Waals surface area contributed by atoms with Gasteiger partial charge in [0.2, 0.25) is 5.88 Å². The maximum Gasteiger partial charge on any atom is 0.261 e. The molecule has 1 aliphatic rings. The molecule has 6 heteroatoms. The lowest BCUT2D eigenvalue weighted by Gasteiger charge is -2.29. The van der Waals surface area contributed by atoms with E-state index in [2.05, 4.69) is 16.0 Å². The van der Waals surface area contributed by atoms with Crippen molar-refractivity contribution < 1.29 is 9.84 Å².